The van der Waals surface area contributed by atoms with E-state index < -0.39 is 5.82 Å². The van der Waals surface area contributed by atoms with Crippen LogP contribution >= 0.6 is 35.7 Å². The fourth-order valence-electron chi connectivity index (χ4n) is 2.93. The first kappa shape index (κ1) is 21.5. The van der Waals surface area contributed by atoms with Crippen molar-refractivity contribution in [2.24, 2.45) is 4.99 Å². The summed E-state index contributed by atoms with van der Waals surface area (Å²) < 4.78 is 26.7. The van der Waals surface area contributed by atoms with Gasteiger partial charge in [-0.2, -0.15) is 11.8 Å². The third-order valence-electron chi connectivity index (χ3n) is 4.22. The highest BCUT2D eigenvalue weighted by atomic mass is 127. The number of thioether (sulfide) groups is 1. The highest BCUT2D eigenvalue weighted by Gasteiger charge is 2.21. The molecule has 1 saturated carbocycles. The molecule has 0 amide bonds. The first-order chi connectivity index (χ1) is 11.1. The van der Waals surface area contributed by atoms with Gasteiger partial charge in [-0.25, -0.2) is 8.78 Å². The molecule has 7 heteroatoms. The van der Waals surface area contributed by atoms with Gasteiger partial charge in [-0.05, 0) is 55.7 Å². The molecule has 0 aromatic heterocycles. The summed E-state index contributed by atoms with van der Waals surface area (Å²) in [6, 6.07) is 3.98. The molecule has 2 rings (SSSR count). The van der Waals surface area contributed by atoms with E-state index in [0.29, 0.717) is 29.8 Å². The molecule has 0 radical (unpaired) electrons. The van der Waals surface area contributed by atoms with Crippen molar-refractivity contribution in [3.8, 4) is 0 Å². The van der Waals surface area contributed by atoms with Crippen LogP contribution in [0.15, 0.2) is 23.2 Å². The Labute approximate surface area is 164 Å². The summed E-state index contributed by atoms with van der Waals surface area (Å²) in [5.74, 6) is -0.0472. The number of halogens is 3. The molecule has 1 aliphatic rings. The van der Waals surface area contributed by atoms with Crippen molar-refractivity contribution in [3.05, 3.63) is 35.4 Å². The molecule has 0 bridgehead atoms. The molecular weight excluding hydrogens is 443 g/mol. The van der Waals surface area contributed by atoms with Crippen LogP contribution in [0, 0.1) is 11.6 Å². The third-order valence-corrected chi connectivity index (χ3v) is 5.31. The Balaban J connectivity index is 0.00000288. The molecule has 2 unspecified atom stereocenters. The van der Waals surface area contributed by atoms with E-state index in [1.807, 2.05) is 11.8 Å². The minimum Gasteiger partial charge on any atom is -0.356 e. The first-order valence-corrected chi connectivity index (χ1v) is 9.35. The highest BCUT2D eigenvalue weighted by molar-refractivity contribution is 14.0. The Morgan fingerprint density at radius 1 is 1.33 bits per heavy atom. The van der Waals surface area contributed by atoms with Crippen molar-refractivity contribution in [3.63, 3.8) is 0 Å². The molecule has 2 atom stereocenters. The number of rotatable bonds is 5. The first-order valence-electron chi connectivity index (χ1n) is 8.06. The Hall–Kier alpha value is -0.570. The summed E-state index contributed by atoms with van der Waals surface area (Å²) in [6.07, 6.45) is 7.38. The zero-order valence-electron chi connectivity index (χ0n) is 14.1. The van der Waals surface area contributed by atoms with E-state index in [-0.39, 0.29) is 29.8 Å². The van der Waals surface area contributed by atoms with Crippen LogP contribution in [-0.2, 0) is 6.42 Å². The van der Waals surface area contributed by atoms with Crippen LogP contribution < -0.4 is 10.6 Å². The zero-order chi connectivity index (χ0) is 16.7. The predicted octanol–water partition coefficient (Wildman–Crippen LogP) is 3.96. The molecular formula is C17H26F2IN3S. The summed E-state index contributed by atoms with van der Waals surface area (Å²) in [4.78, 5) is 4.22. The molecule has 136 valence electrons. The fraction of sp³-hybridized carbons (Fsp3) is 0.588. The van der Waals surface area contributed by atoms with E-state index in [1.54, 1.807) is 7.05 Å². The van der Waals surface area contributed by atoms with Gasteiger partial charge in [-0.3, -0.25) is 4.99 Å². The second-order valence-electron chi connectivity index (χ2n) is 5.85. The van der Waals surface area contributed by atoms with Gasteiger partial charge in [-0.15, -0.1) is 24.0 Å². The number of benzene rings is 1. The smallest absolute Gasteiger partial charge is 0.191 e. The fourth-order valence-corrected chi connectivity index (χ4v) is 3.76. The maximum atomic E-state index is 13.6. The van der Waals surface area contributed by atoms with Crippen LogP contribution in [-0.4, -0.2) is 37.1 Å². The summed E-state index contributed by atoms with van der Waals surface area (Å²) in [6.45, 7) is 0.513. The Morgan fingerprint density at radius 2 is 2.12 bits per heavy atom. The Morgan fingerprint density at radius 3 is 2.83 bits per heavy atom. The molecule has 1 aromatic carbocycles. The number of nitrogens with one attached hydrogen (secondary N) is 2. The second kappa shape index (κ2) is 11.1. The lowest BCUT2D eigenvalue weighted by Crippen LogP contribution is -2.46. The van der Waals surface area contributed by atoms with Crippen LogP contribution in [0.2, 0.25) is 0 Å². The summed E-state index contributed by atoms with van der Waals surface area (Å²) >= 11 is 1.92. The quantitative estimate of drug-likeness (QED) is 0.390. The van der Waals surface area contributed by atoms with Crippen molar-refractivity contribution in [2.45, 2.75) is 43.4 Å². The van der Waals surface area contributed by atoms with E-state index in [9.17, 15) is 8.78 Å². The van der Waals surface area contributed by atoms with E-state index >= 15 is 0 Å². The maximum Gasteiger partial charge on any atom is 0.191 e. The minimum absolute atomic E-state index is 0. The lowest BCUT2D eigenvalue weighted by atomic mass is 9.95. The predicted molar refractivity (Wildman–Crippen MR) is 110 cm³/mol. The SMILES string of the molecule is CN=C(NCCc1cc(F)ccc1F)NC1CCCC(SC)C1.I. The van der Waals surface area contributed by atoms with E-state index in [2.05, 4.69) is 21.9 Å². The molecule has 24 heavy (non-hydrogen) atoms. The molecule has 1 aliphatic carbocycles. The van der Waals surface area contributed by atoms with Crippen molar-refractivity contribution >= 4 is 41.7 Å². The average molecular weight is 469 g/mol. The Bertz CT molecular complexity index is 543. The Kier molecular flexibility index (Phi) is 9.95. The topological polar surface area (TPSA) is 36.4 Å². The van der Waals surface area contributed by atoms with Crippen LogP contribution in [0.4, 0.5) is 8.78 Å². The second-order valence-corrected chi connectivity index (χ2v) is 6.99. The van der Waals surface area contributed by atoms with Gasteiger partial charge in [0.15, 0.2) is 5.96 Å². The van der Waals surface area contributed by atoms with Gasteiger partial charge in [0.25, 0.3) is 0 Å². The van der Waals surface area contributed by atoms with Crippen LogP contribution in [0.3, 0.4) is 0 Å². The number of nitrogens with zero attached hydrogens (tertiary/aromatic N) is 1. The monoisotopic (exact) mass is 469 g/mol. The average Bonchev–Trinajstić information content (AvgIpc) is 2.57. The van der Waals surface area contributed by atoms with Gasteiger partial charge in [0.05, 0.1) is 0 Å². The molecule has 2 N–H and O–H groups in total. The summed E-state index contributed by atoms with van der Waals surface area (Å²) in [7, 11) is 1.73. The third kappa shape index (κ3) is 6.74. The summed E-state index contributed by atoms with van der Waals surface area (Å²) in [5.41, 5.74) is 0.382. The number of aliphatic imine (C=N–C) groups is 1. The molecule has 3 nitrogen and oxygen atoms in total. The van der Waals surface area contributed by atoms with Gasteiger partial charge in [0, 0.05) is 24.9 Å². The zero-order valence-corrected chi connectivity index (χ0v) is 17.3. The van der Waals surface area contributed by atoms with Crippen molar-refractivity contribution < 1.29 is 8.78 Å². The van der Waals surface area contributed by atoms with Gasteiger partial charge in [-0.1, -0.05) is 6.42 Å². The van der Waals surface area contributed by atoms with Gasteiger partial charge in [0.2, 0.25) is 0 Å². The van der Waals surface area contributed by atoms with Gasteiger partial charge >= 0.3 is 0 Å². The number of hydrogen-bond acceptors (Lipinski definition) is 2. The molecule has 0 saturated heterocycles. The molecule has 0 spiro atoms. The van der Waals surface area contributed by atoms with Crippen LogP contribution in [0.1, 0.15) is 31.2 Å². The van der Waals surface area contributed by atoms with E-state index in [1.165, 1.54) is 25.0 Å². The molecule has 0 heterocycles. The molecule has 0 aliphatic heterocycles. The largest absolute Gasteiger partial charge is 0.356 e. The van der Waals surface area contributed by atoms with Crippen molar-refractivity contribution in [1.82, 2.24) is 10.6 Å². The van der Waals surface area contributed by atoms with Crippen LogP contribution in [0.25, 0.3) is 0 Å². The standard InChI is InChI=1S/C17H25F2N3S.HI/c1-20-17(22-14-4-3-5-15(11-14)23-2)21-9-8-12-10-13(18)6-7-16(12)19;/h6-7,10,14-15H,3-5,8-9,11H2,1-2H3,(H2,20,21,22);1H. The minimum atomic E-state index is -0.408. The molecule has 1 aromatic rings. The van der Waals surface area contributed by atoms with E-state index in [0.717, 1.165) is 24.9 Å². The van der Waals surface area contributed by atoms with Gasteiger partial charge < -0.3 is 10.6 Å². The van der Waals surface area contributed by atoms with Crippen molar-refractivity contribution in [1.29, 1.82) is 0 Å². The lowest BCUT2D eigenvalue weighted by molar-refractivity contribution is 0.419. The highest BCUT2D eigenvalue weighted by Crippen LogP contribution is 2.26. The van der Waals surface area contributed by atoms with Gasteiger partial charge in [0.1, 0.15) is 11.6 Å². The number of hydrogen-bond donors (Lipinski definition) is 2. The van der Waals surface area contributed by atoms with E-state index in [4.69, 9.17) is 0 Å². The van der Waals surface area contributed by atoms with Crippen molar-refractivity contribution in [2.75, 3.05) is 19.8 Å². The van der Waals surface area contributed by atoms with Crippen LogP contribution in [0.5, 0.6) is 0 Å². The summed E-state index contributed by atoms with van der Waals surface area (Å²) in [5, 5.41) is 7.34. The normalized spacial score (nSPS) is 21.1. The maximum absolute atomic E-state index is 13.6. The number of guanidine groups is 1. The lowest BCUT2D eigenvalue weighted by Gasteiger charge is -2.29. The molecule has 1 fully saturated rings.